The van der Waals surface area contributed by atoms with Gasteiger partial charge in [0, 0.05) is 12.5 Å². The first-order valence-electron chi connectivity index (χ1n) is 3.45. The summed E-state index contributed by atoms with van der Waals surface area (Å²) in [5.74, 6) is 1.45. The zero-order valence-electron chi connectivity index (χ0n) is 5.76. The van der Waals surface area contributed by atoms with Crippen molar-refractivity contribution >= 4 is 0 Å². The number of ether oxygens (including phenoxy) is 1. The third kappa shape index (κ3) is 1.43. The van der Waals surface area contributed by atoms with Crippen LogP contribution >= 0.6 is 0 Å². The lowest BCUT2D eigenvalue weighted by atomic mass is 9.93. The third-order valence-electron chi connectivity index (χ3n) is 1.77. The average Bonchev–Trinajstić information content (AvgIpc) is 1.82. The molecule has 2 heteroatoms. The molecule has 1 saturated heterocycles. The fourth-order valence-electron chi connectivity index (χ4n) is 1.05. The van der Waals surface area contributed by atoms with Gasteiger partial charge < -0.3 is 9.84 Å². The van der Waals surface area contributed by atoms with Crippen molar-refractivity contribution in [2.24, 2.45) is 0 Å². The Hall–Kier alpha value is -0.0800. The molecular weight excluding hydrogens is 116 g/mol. The van der Waals surface area contributed by atoms with Gasteiger partial charge in [-0.2, -0.15) is 0 Å². The predicted molar refractivity (Wildman–Crippen MR) is 35.0 cm³/mol. The molecule has 0 aromatic heterocycles. The van der Waals surface area contributed by atoms with E-state index in [2.05, 4.69) is 6.92 Å². The van der Waals surface area contributed by atoms with Gasteiger partial charge in [0.15, 0.2) is 0 Å². The van der Waals surface area contributed by atoms with Crippen molar-refractivity contribution < 1.29 is 9.84 Å². The maximum atomic E-state index is 8.52. The molecule has 1 aliphatic rings. The molecule has 1 aliphatic heterocycles. The molecule has 0 aromatic rings. The van der Waals surface area contributed by atoms with Gasteiger partial charge in [0.1, 0.15) is 0 Å². The van der Waals surface area contributed by atoms with Gasteiger partial charge in [-0.05, 0) is 12.8 Å². The molecule has 2 nitrogen and oxygen atoms in total. The van der Waals surface area contributed by atoms with E-state index >= 15 is 0 Å². The fourth-order valence-corrected chi connectivity index (χ4v) is 1.05. The third-order valence-corrected chi connectivity index (χ3v) is 1.77. The Bertz CT molecular complexity index is 81.0. The van der Waals surface area contributed by atoms with Crippen LogP contribution in [0.4, 0.5) is 0 Å². The molecule has 1 radical (unpaired) electrons. The molecule has 9 heavy (non-hydrogen) atoms. The van der Waals surface area contributed by atoms with E-state index in [4.69, 9.17) is 9.84 Å². The van der Waals surface area contributed by atoms with Crippen molar-refractivity contribution in [3.8, 4) is 0 Å². The monoisotopic (exact) mass is 129 g/mol. The molecule has 1 N–H and O–H groups in total. The summed E-state index contributed by atoms with van der Waals surface area (Å²) < 4.78 is 5.18. The minimum atomic E-state index is 0.244. The topological polar surface area (TPSA) is 29.5 Å². The van der Waals surface area contributed by atoms with E-state index in [1.807, 2.05) is 0 Å². The van der Waals surface area contributed by atoms with E-state index in [9.17, 15) is 0 Å². The molecule has 0 amide bonds. The second kappa shape index (κ2) is 3.18. The maximum absolute atomic E-state index is 8.52. The summed E-state index contributed by atoms with van der Waals surface area (Å²) in [5, 5.41) is 8.52. The second-order valence-corrected chi connectivity index (χ2v) is 2.32. The molecule has 1 unspecified atom stereocenters. The van der Waals surface area contributed by atoms with E-state index in [-0.39, 0.29) is 12.7 Å². The van der Waals surface area contributed by atoms with Crippen molar-refractivity contribution in [1.29, 1.82) is 0 Å². The largest absolute Gasteiger partial charge is 0.396 e. The standard InChI is InChI=1S/C7H13O2/c1-2-6-5-9-7(6)3-4-8/h7-8H,2-5H2,1H3. The van der Waals surface area contributed by atoms with Gasteiger partial charge in [-0.15, -0.1) is 0 Å². The summed E-state index contributed by atoms with van der Waals surface area (Å²) in [6, 6.07) is 0. The van der Waals surface area contributed by atoms with Crippen molar-refractivity contribution in [2.75, 3.05) is 13.2 Å². The van der Waals surface area contributed by atoms with Gasteiger partial charge in [0.05, 0.1) is 12.7 Å². The lowest BCUT2D eigenvalue weighted by molar-refractivity contribution is -0.0368. The van der Waals surface area contributed by atoms with E-state index in [1.54, 1.807) is 0 Å². The molecule has 53 valence electrons. The number of hydrogen-bond acceptors (Lipinski definition) is 2. The van der Waals surface area contributed by atoms with Gasteiger partial charge >= 0.3 is 0 Å². The van der Waals surface area contributed by atoms with Crippen LogP contribution in [0.1, 0.15) is 19.8 Å². The van der Waals surface area contributed by atoms with Gasteiger partial charge in [-0.25, -0.2) is 0 Å². The van der Waals surface area contributed by atoms with Gasteiger partial charge in [-0.1, -0.05) is 6.92 Å². The molecule has 0 saturated carbocycles. The summed E-state index contributed by atoms with van der Waals surface area (Å²) in [6.07, 6.45) is 2.16. The molecule has 0 aromatic carbocycles. The van der Waals surface area contributed by atoms with Crippen LogP contribution in [0.25, 0.3) is 0 Å². The zero-order valence-corrected chi connectivity index (χ0v) is 5.76. The molecule has 1 rings (SSSR count). The predicted octanol–water partition coefficient (Wildman–Crippen LogP) is 0.752. The van der Waals surface area contributed by atoms with E-state index in [0.29, 0.717) is 0 Å². The van der Waals surface area contributed by atoms with E-state index in [0.717, 1.165) is 19.4 Å². The highest BCUT2D eigenvalue weighted by molar-refractivity contribution is 5.04. The average molecular weight is 129 g/mol. The summed E-state index contributed by atoms with van der Waals surface area (Å²) in [4.78, 5) is 0. The Balaban J connectivity index is 2.11. The van der Waals surface area contributed by atoms with Gasteiger partial charge in [-0.3, -0.25) is 0 Å². The Morgan fingerprint density at radius 2 is 2.56 bits per heavy atom. The maximum Gasteiger partial charge on any atom is 0.0682 e. The minimum Gasteiger partial charge on any atom is -0.396 e. The van der Waals surface area contributed by atoms with Crippen molar-refractivity contribution in [2.45, 2.75) is 25.9 Å². The van der Waals surface area contributed by atoms with Gasteiger partial charge in [0.2, 0.25) is 0 Å². The van der Waals surface area contributed by atoms with Crippen molar-refractivity contribution in [3.63, 3.8) is 0 Å². The Labute approximate surface area is 55.8 Å². The Morgan fingerprint density at radius 3 is 2.89 bits per heavy atom. The van der Waals surface area contributed by atoms with Crippen LogP contribution in [-0.2, 0) is 4.74 Å². The van der Waals surface area contributed by atoms with Crippen molar-refractivity contribution in [1.82, 2.24) is 0 Å². The Kier molecular flexibility index (Phi) is 2.49. The molecule has 1 atom stereocenters. The summed E-state index contributed by atoms with van der Waals surface area (Å²) >= 11 is 0. The van der Waals surface area contributed by atoms with Crippen LogP contribution in [0.2, 0.25) is 0 Å². The molecule has 0 bridgehead atoms. The lowest BCUT2D eigenvalue weighted by Crippen LogP contribution is -2.37. The number of hydrogen-bond donors (Lipinski definition) is 1. The number of rotatable bonds is 3. The highest BCUT2D eigenvalue weighted by Gasteiger charge is 2.29. The smallest absolute Gasteiger partial charge is 0.0682 e. The Morgan fingerprint density at radius 1 is 1.78 bits per heavy atom. The quantitative estimate of drug-likeness (QED) is 0.609. The van der Waals surface area contributed by atoms with Crippen LogP contribution in [-0.4, -0.2) is 24.4 Å². The first-order chi connectivity index (χ1) is 4.38. The summed E-state index contributed by atoms with van der Waals surface area (Å²) in [5.41, 5.74) is 0. The molecule has 1 fully saturated rings. The highest BCUT2D eigenvalue weighted by Crippen LogP contribution is 2.27. The number of aliphatic hydroxyl groups is 1. The molecule has 0 spiro atoms. The van der Waals surface area contributed by atoms with Crippen LogP contribution in [0, 0.1) is 5.92 Å². The zero-order chi connectivity index (χ0) is 6.69. The summed E-state index contributed by atoms with van der Waals surface area (Å²) in [6.45, 7) is 3.19. The van der Waals surface area contributed by atoms with Gasteiger partial charge in [0.25, 0.3) is 0 Å². The van der Waals surface area contributed by atoms with Crippen LogP contribution < -0.4 is 0 Å². The molecule has 1 heterocycles. The highest BCUT2D eigenvalue weighted by atomic mass is 16.5. The van der Waals surface area contributed by atoms with Crippen molar-refractivity contribution in [3.05, 3.63) is 5.92 Å². The minimum absolute atomic E-state index is 0.244. The SMILES string of the molecule is CC[C]1COC1CCO. The summed E-state index contributed by atoms with van der Waals surface area (Å²) in [7, 11) is 0. The first kappa shape index (κ1) is 7.03. The van der Waals surface area contributed by atoms with Crippen LogP contribution in [0.15, 0.2) is 0 Å². The normalized spacial score (nSPS) is 28.0. The van der Waals surface area contributed by atoms with E-state index < -0.39 is 0 Å². The second-order valence-electron chi connectivity index (χ2n) is 2.32. The van der Waals surface area contributed by atoms with E-state index in [1.165, 1.54) is 5.92 Å². The lowest BCUT2D eigenvalue weighted by Gasteiger charge is -2.35. The molecular formula is C7H13O2. The molecule has 0 aliphatic carbocycles. The number of aliphatic hydroxyl groups excluding tert-OH is 1. The first-order valence-corrected chi connectivity index (χ1v) is 3.45. The van der Waals surface area contributed by atoms with Crippen LogP contribution in [0.3, 0.4) is 0 Å². The fraction of sp³-hybridized carbons (Fsp3) is 0.857. The van der Waals surface area contributed by atoms with Crippen LogP contribution in [0.5, 0.6) is 0 Å².